The smallest absolute Gasteiger partial charge is 0.255 e. The second kappa shape index (κ2) is 10.4. The van der Waals surface area contributed by atoms with Crippen LogP contribution in [0.15, 0.2) is 65.6 Å². The molecule has 0 fully saturated rings. The van der Waals surface area contributed by atoms with Gasteiger partial charge in [0, 0.05) is 24.7 Å². The topological polar surface area (TPSA) is 93.5 Å². The molecule has 7 nitrogen and oxygen atoms in total. The highest BCUT2D eigenvalue weighted by atomic mass is 19.1. The molecule has 0 aliphatic heterocycles. The van der Waals surface area contributed by atoms with Crippen molar-refractivity contribution in [3.05, 3.63) is 83.9 Å². The molecule has 2 heterocycles. The first-order chi connectivity index (χ1) is 17.4. The van der Waals surface area contributed by atoms with Gasteiger partial charge in [0.2, 0.25) is 11.6 Å². The molecule has 0 saturated heterocycles. The molecule has 0 atom stereocenters. The van der Waals surface area contributed by atoms with Gasteiger partial charge in [-0.25, -0.2) is 8.78 Å². The van der Waals surface area contributed by atoms with Crippen molar-refractivity contribution in [1.82, 2.24) is 15.6 Å². The molecule has 9 heteroatoms. The minimum Gasteiger partial charge on any atom is -0.480 e. The zero-order chi connectivity index (χ0) is 25.8. The number of aromatic nitrogens is 1. The average Bonchev–Trinajstić information content (AvgIpc) is 3.26. The molecule has 2 aromatic heterocycles. The minimum absolute atomic E-state index is 0.123. The van der Waals surface area contributed by atoms with E-state index in [1.165, 1.54) is 56.6 Å². The number of amides is 2. The third kappa shape index (κ3) is 4.68. The van der Waals surface area contributed by atoms with Crippen molar-refractivity contribution in [2.45, 2.75) is 6.42 Å². The molecule has 2 amide bonds. The van der Waals surface area contributed by atoms with E-state index in [9.17, 15) is 18.4 Å². The third-order valence-corrected chi connectivity index (χ3v) is 5.56. The molecule has 0 aliphatic rings. The van der Waals surface area contributed by atoms with Gasteiger partial charge in [-0.15, -0.1) is 6.58 Å². The van der Waals surface area contributed by atoms with E-state index >= 15 is 0 Å². The first kappa shape index (κ1) is 24.6. The zero-order valence-electron chi connectivity index (χ0n) is 19.7. The number of ether oxygens (including phenoxy) is 1. The number of carbonyl (C=O) groups excluding carboxylic acids is 2. The van der Waals surface area contributed by atoms with Gasteiger partial charge in [0.15, 0.2) is 0 Å². The van der Waals surface area contributed by atoms with Crippen LogP contribution in [0.5, 0.6) is 5.88 Å². The van der Waals surface area contributed by atoms with Gasteiger partial charge in [0.1, 0.15) is 17.4 Å². The minimum atomic E-state index is -0.684. The Labute approximate surface area is 205 Å². The fraction of sp³-hybridized carbons (Fsp3) is 0.148. The summed E-state index contributed by atoms with van der Waals surface area (Å²) >= 11 is 0. The van der Waals surface area contributed by atoms with Crippen LogP contribution in [0.3, 0.4) is 0 Å². The molecule has 2 N–H and O–H groups in total. The SMILES string of the molecule is C=CCCNC(=O)c1cc(-c2cc3c(C(=O)NC)c(-c4ccc(F)cc4)oc3nc2OC)ccc1F. The lowest BCUT2D eigenvalue weighted by Crippen LogP contribution is -2.25. The normalized spacial score (nSPS) is 10.8. The molecule has 0 aliphatic carbocycles. The molecule has 0 radical (unpaired) electrons. The number of rotatable bonds is 8. The maximum Gasteiger partial charge on any atom is 0.255 e. The lowest BCUT2D eigenvalue weighted by Gasteiger charge is -2.11. The second-order valence-electron chi connectivity index (χ2n) is 7.82. The number of methoxy groups -OCH3 is 1. The summed E-state index contributed by atoms with van der Waals surface area (Å²) in [6.07, 6.45) is 2.19. The molecular formula is C27H23F2N3O4. The molecule has 4 aromatic rings. The van der Waals surface area contributed by atoms with E-state index in [2.05, 4.69) is 22.2 Å². The van der Waals surface area contributed by atoms with Crippen molar-refractivity contribution >= 4 is 22.9 Å². The van der Waals surface area contributed by atoms with Crippen molar-refractivity contribution in [3.8, 4) is 28.3 Å². The summed E-state index contributed by atoms with van der Waals surface area (Å²) in [5.41, 5.74) is 1.52. The Morgan fingerprint density at radius 2 is 1.81 bits per heavy atom. The highest BCUT2D eigenvalue weighted by Crippen LogP contribution is 2.39. The van der Waals surface area contributed by atoms with Crippen LogP contribution < -0.4 is 15.4 Å². The van der Waals surface area contributed by atoms with Crippen LogP contribution in [0.25, 0.3) is 33.6 Å². The predicted octanol–water partition coefficient (Wildman–Crippen LogP) is 5.11. The van der Waals surface area contributed by atoms with Gasteiger partial charge in [-0.1, -0.05) is 12.1 Å². The third-order valence-electron chi connectivity index (χ3n) is 5.56. The van der Waals surface area contributed by atoms with Crippen LogP contribution in [0.1, 0.15) is 27.1 Å². The van der Waals surface area contributed by atoms with E-state index in [0.29, 0.717) is 35.0 Å². The van der Waals surface area contributed by atoms with Gasteiger partial charge in [0.05, 0.1) is 23.6 Å². The number of carbonyl (C=O) groups is 2. The lowest BCUT2D eigenvalue weighted by atomic mass is 10.00. The van der Waals surface area contributed by atoms with Crippen LogP contribution in [0.4, 0.5) is 8.78 Å². The van der Waals surface area contributed by atoms with Crippen molar-refractivity contribution in [1.29, 1.82) is 0 Å². The highest BCUT2D eigenvalue weighted by Gasteiger charge is 2.25. The van der Waals surface area contributed by atoms with Crippen molar-refractivity contribution in [2.75, 3.05) is 20.7 Å². The zero-order valence-corrected chi connectivity index (χ0v) is 19.7. The lowest BCUT2D eigenvalue weighted by molar-refractivity contribution is 0.0946. The molecular weight excluding hydrogens is 468 g/mol. The maximum absolute atomic E-state index is 14.5. The van der Waals surface area contributed by atoms with Gasteiger partial charge in [-0.05, 0) is 54.4 Å². The standard InChI is InChI=1S/C27H23F2N3O4/c1-4-5-12-31-24(33)19-13-16(8-11-21(19)29)18-14-20-22(25(34)30-2)23(15-6-9-17(28)10-7-15)36-27(20)32-26(18)35-3/h4,6-11,13-14H,1,5,12H2,2-3H3,(H,30,34)(H,31,33). The number of nitrogens with zero attached hydrogens (tertiary/aromatic N) is 1. The van der Waals surface area contributed by atoms with Crippen LogP contribution in [-0.2, 0) is 0 Å². The number of pyridine rings is 1. The monoisotopic (exact) mass is 491 g/mol. The van der Waals surface area contributed by atoms with E-state index < -0.39 is 23.4 Å². The van der Waals surface area contributed by atoms with E-state index in [-0.39, 0.29) is 28.5 Å². The van der Waals surface area contributed by atoms with Crippen molar-refractivity contribution < 1.29 is 27.5 Å². The number of nitrogens with one attached hydrogen (secondary N) is 2. The summed E-state index contributed by atoms with van der Waals surface area (Å²) in [4.78, 5) is 29.8. The molecule has 0 unspecified atom stereocenters. The molecule has 184 valence electrons. The summed E-state index contributed by atoms with van der Waals surface area (Å²) in [7, 11) is 2.89. The number of benzene rings is 2. The van der Waals surface area contributed by atoms with E-state index in [1.807, 2.05) is 0 Å². The van der Waals surface area contributed by atoms with Gasteiger partial charge in [0.25, 0.3) is 11.8 Å². The molecule has 0 saturated carbocycles. The number of hydrogen-bond acceptors (Lipinski definition) is 5. The Kier molecular flexibility index (Phi) is 7.10. The van der Waals surface area contributed by atoms with E-state index in [0.717, 1.165) is 0 Å². The second-order valence-corrected chi connectivity index (χ2v) is 7.82. The van der Waals surface area contributed by atoms with E-state index in [4.69, 9.17) is 9.15 Å². The first-order valence-corrected chi connectivity index (χ1v) is 11.1. The number of fused-ring (bicyclic) bond motifs is 1. The summed E-state index contributed by atoms with van der Waals surface area (Å²) in [6, 6.07) is 11.2. The molecule has 0 bridgehead atoms. The Bertz CT molecular complexity index is 1460. The largest absolute Gasteiger partial charge is 0.480 e. The molecule has 4 rings (SSSR count). The number of furan rings is 1. The first-order valence-electron chi connectivity index (χ1n) is 11.1. The maximum atomic E-state index is 14.5. The van der Waals surface area contributed by atoms with Crippen LogP contribution in [0, 0.1) is 11.6 Å². The predicted molar refractivity (Wildman–Crippen MR) is 132 cm³/mol. The average molecular weight is 491 g/mol. The molecule has 2 aromatic carbocycles. The van der Waals surface area contributed by atoms with Gasteiger partial charge in [-0.3, -0.25) is 9.59 Å². The van der Waals surface area contributed by atoms with Crippen molar-refractivity contribution in [3.63, 3.8) is 0 Å². The van der Waals surface area contributed by atoms with Gasteiger partial charge in [-0.2, -0.15) is 4.98 Å². The number of halogens is 2. The Balaban J connectivity index is 1.89. The van der Waals surface area contributed by atoms with Crippen molar-refractivity contribution in [2.24, 2.45) is 0 Å². The van der Waals surface area contributed by atoms with Gasteiger partial charge >= 0.3 is 0 Å². The summed E-state index contributed by atoms with van der Waals surface area (Å²) in [5, 5.41) is 5.59. The van der Waals surface area contributed by atoms with Crippen LogP contribution in [0.2, 0.25) is 0 Å². The quantitative estimate of drug-likeness (QED) is 0.264. The summed E-state index contributed by atoms with van der Waals surface area (Å²) < 4.78 is 39.3. The summed E-state index contributed by atoms with van der Waals surface area (Å²) in [5.74, 6) is -1.77. The Morgan fingerprint density at radius 3 is 2.47 bits per heavy atom. The Morgan fingerprint density at radius 1 is 1.08 bits per heavy atom. The van der Waals surface area contributed by atoms with Gasteiger partial charge < -0.3 is 19.8 Å². The van der Waals surface area contributed by atoms with Crippen LogP contribution >= 0.6 is 0 Å². The fourth-order valence-electron chi connectivity index (χ4n) is 3.77. The number of hydrogen-bond donors (Lipinski definition) is 2. The Hall–Kier alpha value is -4.53. The molecule has 36 heavy (non-hydrogen) atoms. The summed E-state index contributed by atoms with van der Waals surface area (Å²) in [6.45, 7) is 3.92. The van der Waals surface area contributed by atoms with E-state index in [1.54, 1.807) is 12.1 Å². The molecule has 0 spiro atoms. The fourth-order valence-corrected chi connectivity index (χ4v) is 3.77. The van der Waals surface area contributed by atoms with Crippen LogP contribution in [-0.4, -0.2) is 37.5 Å². The highest BCUT2D eigenvalue weighted by molar-refractivity contribution is 6.11.